The summed E-state index contributed by atoms with van der Waals surface area (Å²) in [5.74, 6) is 1.40. The standard InChI is InChI=1S/C26H28FNO4/c1-26(29,18-32-22-6-4-3-5-7-22)21-9-11-24-20(15-21)17-28(12-13-31-24)16-19-8-10-23(27)25(14-19)30-2/h3-11,14-15,29H,12-13,16-18H2,1-2H3. The Kier molecular flexibility index (Phi) is 6.63. The van der Waals surface area contributed by atoms with Crippen molar-refractivity contribution in [2.75, 3.05) is 26.9 Å². The minimum absolute atomic E-state index is 0.135. The maximum Gasteiger partial charge on any atom is 0.165 e. The predicted molar refractivity (Wildman–Crippen MR) is 121 cm³/mol. The van der Waals surface area contributed by atoms with Crippen LogP contribution >= 0.6 is 0 Å². The van der Waals surface area contributed by atoms with E-state index in [0.29, 0.717) is 25.4 Å². The number of halogens is 1. The quantitative estimate of drug-likeness (QED) is 0.589. The van der Waals surface area contributed by atoms with Crippen LogP contribution in [0.3, 0.4) is 0 Å². The number of benzene rings is 3. The van der Waals surface area contributed by atoms with Gasteiger partial charge >= 0.3 is 0 Å². The van der Waals surface area contributed by atoms with Crippen molar-refractivity contribution in [1.29, 1.82) is 0 Å². The second kappa shape index (κ2) is 9.59. The van der Waals surface area contributed by atoms with Crippen LogP contribution in [-0.2, 0) is 18.7 Å². The lowest BCUT2D eigenvalue weighted by molar-refractivity contribution is 0.00748. The first kappa shape index (κ1) is 22.1. The van der Waals surface area contributed by atoms with Crippen molar-refractivity contribution in [3.05, 3.63) is 89.2 Å². The second-order valence-electron chi connectivity index (χ2n) is 8.23. The lowest BCUT2D eigenvalue weighted by Gasteiger charge is -2.25. The van der Waals surface area contributed by atoms with Gasteiger partial charge in [0, 0.05) is 25.2 Å². The molecule has 1 unspecified atom stereocenters. The smallest absolute Gasteiger partial charge is 0.165 e. The van der Waals surface area contributed by atoms with Crippen LogP contribution in [0.2, 0.25) is 0 Å². The molecule has 1 atom stereocenters. The summed E-state index contributed by atoms with van der Waals surface area (Å²) in [6.45, 7) is 4.46. The molecule has 0 radical (unpaired) electrons. The minimum atomic E-state index is -1.16. The zero-order chi connectivity index (χ0) is 22.6. The van der Waals surface area contributed by atoms with Gasteiger partial charge in [0.05, 0.1) is 7.11 Å². The molecule has 0 bridgehead atoms. The molecule has 1 aliphatic heterocycles. The van der Waals surface area contributed by atoms with Gasteiger partial charge in [-0.15, -0.1) is 0 Å². The van der Waals surface area contributed by atoms with Crippen molar-refractivity contribution < 1.29 is 23.7 Å². The van der Waals surface area contributed by atoms with Gasteiger partial charge in [-0.3, -0.25) is 4.90 Å². The summed E-state index contributed by atoms with van der Waals surface area (Å²) >= 11 is 0. The van der Waals surface area contributed by atoms with E-state index in [1.54, 1.807) is 19.1 Å². The molecule has 0 saturated carbocycles. The highest BCUT2D eigenvalue weighted by atomic mass is 19.1. The molecule has 0 aromatic heterocycles. The SMILES string of the molecule is COc1cc(CN2CCOc3ccc(C(C)(O)COc4ccccc4)cc3C2)ccc1F. The predicted octanol–water partition coefficient (Wildman–Crippen LogP) is 4.52. The molecule has 1 N–H and O–H groups in total. The van der Waals surface area contributed by atoms with Crippen molar-refractivity contribution in [2.24, 2.45) is 0 Å². The van der Waals surface area contributed by atoms with E-state index in [-0.39, 0.29) is 18.2 Å². The Morgan fingerprint density at radius 1 is 1.09 bits per heavy atom. The Bertz CT molecular complexity index is 1050. The summed E-state index contributed by atoms with van der Waals surface area (Å²) in [5.41, 5.74) is 1.56. The van der Waals surface area contributed by atoms with Gasteiger partial charge in [0.2, 0.25) is 0 Å². The number of nitrogens with zero attached hydrogens (tertiary/aromatic N) is 1. The maximum atomic E-state index is 13.7. The number of hydrogen-bond acceptors (Lipinski definition) is 5. The molecule has 1 heterocycles. The monoisotopic (exact) mass is 437 g/mol. The Hall–Kier alpha value is -3.09. The number of ether oxygens (including phenoxy) is 3. The number of aliphatic hydroxyl groups is 1. The summed E-state index contributed by atoms with van der Waals surface area (Å²) in [4.78, 5) is 2.23. The van der Waals surface area contributed by atoms with Crippen LogP contribution in [0.5, 0.6) is 17.2 Å². The highest BCUT2D eigenvalue weighted by Gasteiger charge is 2.26. The molecule has 3 aromatic rings. The van der Waals surface area contributed by atoms with E-state index in [1.807, 2.05) is 48.5 Å². The number of fused-ring (bicyclic) bond motifs is 1. The highest BCUT2D eigenvalue weighted by Crippen LogP contribution is 2.31. The molecule has 4 rings (SSSR count). The lowest BCUT2D eigenvalue weighted by Crippen LogP contribution is -2.30. The summed E-state index contributed by atoms with van der Waals surface area (Å²) in [6.07, 6.45) is 0. The zero-order valence-electron chi connectivity index (χ0n) is 18.4. The molecule has 0 spiro atoms. The molecule has 0 aliphatic carbocycles. The van der Waals surface area contributed by atoms with E-state index in [2.05, 4.69) is 4.90 Å². The highest BCUT2D eigenvalue weighted by molar-refractivity contribution is 5.40. The number of hydrogen-bond donors (Lipinski definition) is 1. The molecular formula is C26H28FNO4. The minimum Gasteiger partial charge on any atom is -0.494 e. The summed E-state index contributed by atoms with van der Waals surface area (Å²) in [7, 11) is 1.47. The van der Waals surface area contributed by atoms with Gasteiger partial charge < -0.3 is 19.3 Å². The maximum absolute atomic E-state index is 13.7. The molecule has 0 amide bonds. The van der Waals surface area contributed by atoms with Crippen molar-refractivity contribution in [2.45, 2.75) is 25.6 Å². The average Bonchev–Trinajstić information content (AvgIpc) is 3.01. The van der Waals surface area contributed by atoms with Crippen LogP contribution in [0.25, 0.3) is 0 Å². The van der Waals surface area contributed by atoms with Gasteiger partial charge in [0.15, 0.2) is 11.6 Å². The van der Waals surface area contributed by atoms with Crippen LogP contribution in [0.15, 0.2) is 66.7 Å². The van der Waals surface area contributed by atoms with E-state index < -0.39 is 5.60 Å². The third kappa shape index (κ3) is 5.21. The summed E-state index contributed by atoms with van der Waals surface area (Å²) in [6, 6.07) is 20.1. The van der Waals surface area contributed by atoms with Gasteiger partial charge in [0.1, 0.15) is 30.3 Å². The normalized spacial score (nSPS) is 15.8. The summed E-state index contributed by atoms with van der Waals surface area (Å²) in [5, 5.41) is 11.1. The van der Waals surface area contributed by atoms with Crippen LogP contribution in [-0.4, -0.2) is 36.9 Å². The molecular weight excluding hydrogens is 409 g/mol. The van der Waals surface area contributed by atoms with Gasteiger partial charge in [-0.05, 0) is 54.4 Å². The topological polar surface area (TPSA) is 51.2 Å². The number of para-hydroxylation sites is 1. The molecule has 6 heteroatoms. The van der Waals surface area contributed by atoms with Crippen molar-refractivity contribution >= 4 is 0 Å². The van der Waals surface area contributed by atoms with E-state index in [9.17, 15) is 9.50 Å². The molecule has 32 heavy (non-hydrogen) atoms. The Labute approximate surface area is 188 Å². The van der Waals surface area contributed by atoms with Gasteiger partial charge in [-0.25, -0.2) is 4.39 Å². The third-order valence-electron chi connectivity index (χ3n) is 5.63. The Morgan fingerprint density at radius 2 is 1.91 bits per heavy atom. The van der Waals surface area contributed by atoms with Crippen LogP contribution in [0.1, 0.15) is 23.6 Å². The first-order valence-corrected chi connectivity index (χ1v) is 10.7. The van der Waals surface area contributed by atoms with Crippen LogP contribution in [0.4, 0.5) is 4.39 Å². The average molecular weight is 438 g/mol. The first-order valence-electron chi connectivity index (χ1n) is 10.7. The van der Waals surface area contributed by atoms with Crippen molar-refractivity contribution in [1.82, 2.24) is 4.90 Å². The van der Waals surface area contributed by atoms with Crippen LogP contribution in [0, 0.1) is 5.82 Å². The van der Waals surface area contributed by atoms with E-state index in [4.69, 9.17) is 14.2 Å². The van der Waals surface area contributed by atoms with E-state index >= 15 is 0 Å². The third-order valence-corrected chi connectivity index (χ3v) is 5.63. The van der Waals surface area contributed by atoms with Gasteiger partial charge in [-0.1, -0.05) is 30.3 Å². The largest absolute Gasteiger partial charge is 0.494 e. The molecule has 0 saturated heterocycles. The zero-order valence-corrected chi connectivity index (χ0v) is 18.4. The Morgan fingerprint density at radius 3 is 2.69 bits per heavy atom. The molecule has 1 aliphatic rings. The number of methoxy groups -OCH3 is 1. The fourth-order valence-electron chi connectivity index (χ4n) is 3.80. The van der Waals surface area contributed by atoms with Crippen LogP contribution < -0.4 is 14.2 Å². The molecule has 5 nitrogen and oxygen atoms in total. The lowest BCUT2D eigenvalue weighted by atomic mass is 9.94. The van der Waals surface area contributed by atoms with Crippen molar-refractivity contribution in [3.8, 4) is 17.2 Å². The number of rotatable bonds is 7. The first-order chi connectivity index (χ1) is 15.4. The van der Waals surface area contributed by atoms with Gasteiger partial charge in [-0.2, -0.15) is 0 Å². The van der Waals surface area contributed by atoms with Crippen molar-refractivity contribution in [3.63, 3.8) is 0 Å². The second-order valence-corrected chi connectivity index (χ2v) is 8.23. The summed E-state index contributed by atoms with van der Waals surface area (Å²) < 4.78 is 30.6. The Balaban J connectivity index is 1.49. The molecule has 3 aromatic carbocycles. The molecule has 168 valence electrons. The van der Waals surface area contributed by atoms with E-state index in [1.165, 1.54) is 13.2 Å². The fraction of sp³-hybridized carbons (Fsp3) is 0.308. The fourth-order valence-corrected chi connectivity index (χ4v) is 3.80. The van der Waals surface area contributed by atoms with E-state index in [0.717, 1.165) is 29.0 Å². The molecule has 0 fully saturated rings. The van der Waals surface area contributed by atoms with Gasteiger partial charge in [0.25, 0.3) is 0 Å².